The molecule has 0 aliphatic rings. The van der Waals surface area contributed by atoms with Gasteiger partial charge in [-0.2, -0.15) is 0 Å². The fraction of sp³-hybridized carbons (Fsp3) is 0.312. The van der Waals surface area contributed by atoms with E-state index in [1.807, 2.05) is 20.0 Å². The van der Waals surface area contributed by atoms with Crippen molar-refractivity contribution in [3.8, 4) is 11.1 Å². The predicted molar refractivity (Wildman–Crippen MR) is 92.6 cm³/mol. The van der Waals surface area contributed by atoms with Crippen molar-refractivity contribution in [1.82, 2.24) is 10.6 Å². The molecule has 0 saturated carbocycles. The molecule has 120 valence electrons. The molecule has 22 heavy (non-hydrogen) atoms. The molecule has 0 bridgehead atoms. The van der Waals surface area contributed by atoms with Gasteiger partial charge in [-0.3, -0.25) is 4.79 Å². The Morgan fingerprint density at radius 2 is 1.91 bits per heavy atom. The lowest BCUT2D eigenvalue weighted by Gasteiger charge is -2.02. The highest BCUT2D eigenvalue weighted by molar-refractivity contribution is 7.14. The molecule has 2 aromatic rings. The third kappa shape index (κ3) is 4.80. The summed E-state index contributed by atoms with van der Waals surface area (Å²) in [5.74, 6) is -0.304. The topological polar surface area (TPSA) is 41.1 Å². The third-order valence-corrected chi connectivity index (χ3v) is 4.24. The number of carbonyl (C=O) groups excluding carboxylic acids is 1. The summed E-state index contributed by atoms with van der Waals surface area (Å²) in [6, 6.07) is 8.21. The first kappa shape index (κ1) is 18.6. The molecule has 6 heteroatoms. The van der Waals surface area contributed by atoms with Gasteiger partial charge in [-0.25, -0.2) is 4.39 Å². The first-order chi connectivity index (χ1) is 10.1. The molecule has 0 aliphatic carbocycles. The summed E-state index contributed by atoms with van der Waals surface area (Å²) in [6.45, 7) is 3.51. The summed E-state index contributed by atoms with van der Waals surface area (Å²) in [7, 11) is 1.89. The quantitative estimate of drug-likeness (QED) is 0.787. The first-order valence-electron chi connectivity index (χ1n) is 6.91. The standard InChI is InChI=1S/C16H19FN2OS.ClH/c1-11-14(12-4-6-13(17)7-5-12)10-15(21-11)16(20)19-9-3-8-18-2;/h4-7,10,18H,3,8-9H2,1-2H3,(H,19,20);1H. The van der Waals surface area contributed by atoms with E-state index in [2.05, 4.69) is 10.6 Å². The molecule has 0 radical (unpaired) electrons. The minimum Gasteiger partial charge on any atom is -0.351 e. The number of carbonyl (C=O) groups is 1. The van der Waals surface area contributed by atoms with Gasteiger partial charge in [0.25, 0.3) is 5.91 Å². The van der Waals surface area contributed by atoms with E-state index in [1.165, 1.54) is 23.5 Å². The van der Waals surface area contributed by atoms with Crippen LogP contribution in [-0.2, 0) is 0 Å². The van der Waals surface area contributed by atoms with Crippen LogP contribution in [0.25, 0.3) is 11.1 Å². The molecule has 1 aromatic heterocycles. The molecule has 0 spiro atoms. The van der Waals surface area contributed by atoms with Gasteiger partial charge >= 0.3 is 0 Å². The molecule has 3 nitrogen and oxygen atoms in total. The Bertz CT molecular complexity index is 613. The fourth-order valence-electron chi connectivity index (χ4n) is 2.06. The van der Waals surface area contributed by atoms with Gasteiger partial charge in [0, 0.05) is 11.4 Å². The van der Waals surface area contributed by atoms with Crippen molar-refractivity contribution in [2.75, 3.05) is 20.1 Å². The second kappa shape index (κ2) is 8.88. The molecule has 0 fully saturated rings. The minimum absolute atomic E-state index is 0. The van der Waals surface area contributed by atoms with Crippen molar-refractivity contribution in [2.45, 2.75) is 13.3 Å². The van der Waals surface area contributed by atoms with Crippen LogP contribution in [0.1, 0.15) is 21.0 Å². The van der Waals surface area contributed by atoms with Gasteiger partial charge in [0.1, 0.15) is 5.82 Å². The molecular weight excluding hydrogens is 323 g/mol. The van der Waals surface area contributed by atoms with E-state index in [1.54, 1.807) is 12.1 Å². The highest BCUT2D eigenvalue weighted by Gasteiger charge is 2.13. The van der Waals surface area contributed by atoms with Crippen LogP contribution >= 0.6 is 23.7 Å². The van der Waals surface area contributed by atoms with Crippen molar-refractivity contribution in [3.05, 3.63) is 45.9 Å². The number of hydrogen-bond acceptors (Lipinski definition) is 3. The molecule has 2 rings (SSSR count). The number of aryl methyl sites for hydroxylation is 1. The van der Waals surface area contributed by atoms with Gasteiger partial charge in [-0.05, 0) is 56.3 Å². The van der Waals surface area contributed by atoms with Crippen LogP contribution in [0.5, 0.6) is 0 Å². The van der Waals surface area contributed by atoms with Gasteiger partial charge in [-0.1, -0.05) is 12.1 Å². The normalized spacial score (nSPS) is 10.1. The Morgan fingerprint density at radius 3 is 2.55 bits per heavy atom. The summed E-state index contributed by atoms with van der Waals surface area (Å²) in [5, 5.41) is 5.95. The Morgan fingerprint density at radius 1 is 1.23 bits per heavy atom. The largest absolute Gasteiger partial charge is 0.351 e. The monoisotopic (exact) mass is 342 g/mol. The van der Waals surface area contributed by atoms with Crippen molar-refractivity contribution < 1.29 is 9.18 Å². The van der Waals surface area contributed by atoms with E-state index in [-0.39, 0.29) is 24.1 Å². The van der Waals surface area contributed by atoms with E-state index in [0.717, 1.165) is 29.0 Å². The van der Waals surface area contributed by atoms with Crippen LogP contribution < -0.4 is 10.6 Å². The lowest BCUT2D eigenvalue weighted by atomic mass is 10.1. The Kier molecular flexibility index (Phi) is 7.51. The fourth-order valence-corrected chi connectivity index (χ4v) is 3.02. The Balaban J connectivity index is 0.00000242. The molecule has 2 N–H and O–H groups in total. The number of amides is 1. The lowest BCUT2D eigenvalue weighted by Crippen LogP contribution is -2.25. The van der Waals surface area contributed by atoms with Crippen LogP contribution in [0.4, 0.5) is 4.39 Å². The second-order valence-corrected chi connectivity index (χ2v) is 6.06. The second-order valence-electron chi connectivity index (χ2n) is 4.80. The van der Waals surface area contributed by atoms with Crippen molar-refractivity contribution in [1.29, 1.82) is 0 Å². The molecule has 0 aliphatic heterocycles. The highest BCUT2D eigenvalue weighted by atomic mass is 35.5. The van der Waals surface area contributed by atoms with E-state index < -0.39 is 0 Å². The number of thiophene rings is 1. The third-order valence-electron chi connectivity index (χ3n) is 3.19. The molecular formula is C16H20ClFN2OS. The maximum absolute atomic E-state index is 13.0. The van der Waals surface area contributed by atoms with E-state index in [0.29, 0.717) is 11.4 Å². The maximum atomic E-state index is 13.0. The van der Waals surface area contributed by atoms with Crippen LogP contribution in [0, 0.1) is 12.7 Å². The van der Waals surface area contributed by atoms with Crippen LogP contribution in [0.3, 0.4) is 0 Å². The van der Waals surface area contributed by atoms with Crippen molar-refractivity contribution in [2.24, 2.45) is 0 Å². The summed E-state index contributed by atoms with van der Waals surface area (Å²) < 4.78 is 13.0. The maximum Gasteiger partial charge on any atom is 0.261 e. The number of halogens is 2. The van der Waals surface area contributed by atoms with Crippen LogP contribution in [0.15, 0.2) is 30.3 Å². The molecule has 0 unspecified atom stereocenters. The van der Waals surface area contributed by atoms with Gasteiger partial charge in [0.2, 0.25) is 0 Å². The summed E-state index contributed by atoms with van der Waals surface area (Å²) in [5.41, 5.74) is 1.92. The van der Waals surface area contributed by atoms with Gasteiger partial charge in [-0.15, -0.1) is 23.7 Å². The zero-order valence-electron chi connectivity index (χ0n) is 12.6. The van der Waals surface area contributed by atoms with Crippen LogP contribution in [-0.4, -0.2) is 26.0 Å². The average molecular weight is 343 g/mol. The average Bonchev–Trinajstić information content (AvgIpc) is 2.86. The van der Waals surface area contributed by atoms with Crippen molar-refractivity contribution in [3.63, 3.8) is 0 Å². The summed E-state index contributed by atoms with van der Waals surface area (Å²) in [6.07, 6.45) is 0.900. The first-order valence-corrected chi connectivity index (χ1v) is 7.72. The highest BCUT2D eigenvalue weighted by Crippen LogP contribution is 2.31. The van der Waals surface area contributed by atoms with Crippen molar-refractivity contribution >= 4 is 29.7 Å². The van der Waals surface area contributed by atoms with E-state index >= 15 is 0 Å². The predicted octanol–water partition coefficient (Wildman–Crippen LogP) is 3.62. The smallest absolute Gasteiger partial charge is 0.261 e. The number of rotatable bonds is 6. The zero-order valence-corrected chi connectivity index (χ0v) is 14.2. The number of hydrogen-bond donors (Lipinski definition) is 2. The number of nitrogens with one attached hydrogen (secondary N) is 2. The molecule has 1 amide bonds. The number of benzene rings is 1. The van der Waals surface area contributed by atoms with Gasteiger partial charge < -0.3 is 10.6 Å². The molecule has 0 saturated heterocycles. The van der Waals surface area contributed by atoms with Gasteiger partial charge in [0.15, 0.2) is 0 Å². The Labute approximate surface area is 140 Å². The van der Waals surface area contributed by atoms with E-state index in [9.17, 15) is 9.18 Å². The molecule has 1 aromatic carbocycles. The van der Waals surface area contributed by atoms with Gasteiger partial charge in [0.05, 0.1) is 4.88 Å². The lowest BCUT2D eigenvalue weighted by molar-refractivity contribution is 0.0957. The van der Waals surface area contributed by atoms with Crippen LogP contribution in [0.2, 0.25) is 0 Å². The molecule has 0 atom stereocenters. The summed E-state index contributed by atoms with van der Waals surface area (Å²) in [4.78, 5) is 13.8. The Hall–Kier alpha value is -1.43. The zero-order chi connectivity index (χ0) is 15.2. The molecule has 1 heterocycles. The minimum atomic E-state index is -0.255. The SMILES string of the molecule is CNCCCNC(=O)c1cc(-c2ccc(F)cc2)c(C)s1.Cl. The van der Waals surface area contributed by atoms with E-state index in [4.69, 9.17) is 0 Å². The summed E-state index contributed by atoms with van der Waals surface area (Å²) >= 11 is 1.46.